The van der Waals surface area contributed by atoms with Crippen LogP contribution in [-0.2, 0) is 52.5 Å². The zero-order valence-corrected chi connectivity index (χ0v) is 27.7. The molecule has 1 amide bonds. The van der Waals surface area contributed by atoms with Gasteiger partial charge in [-0.15, -0.1) is 0 Å². The first kappa shape index (κ1) is 37.9. The third-order valence-corrected chi connectivity index (χ3v) is 8.72. The molecule has 2 aliphatic heterocycles. The second kappa shape index (κ2) is 18.0. The lowest BCUT2D eigenvalue weighted by atomic mass is 9.66. The van der Waals surface area contributed by atoms with Gasteiger partial charge in [0, 0.05) is 19.0 Å². The van der Waals surface area contributed by atoms with Gasteiger partial charge < -0.3 is 23.8 Å². The Labute approximate surface area is 266 Å². The summed E-state index contributed by atoms with van der Waals surface area (Å²) in [4.78, 5) is 90.0. The summed E-state index contributed by atoms with van der Waals surface area (Å²) < 4.78 is 21.0. The molecular weight excluding hydrogens is 586 g/mol. The lowest BCUT2D eigenvalue weighted by molar-refractivity contribution is -0.169. The first-order chi connectivity index (χ1) is 21.2. The molecule has 5 unspecified atom stereocenters. The number of unbranched alkanes of at least 4 members (excludes halogenated alkanes) is 2. The van der Waals surface area contributed by atoms with Gasteiger partial charge in [-0.05, 0) is 51.9 Å². The van der Waals surface area contributed by atoms with E-state index in [1.54, 1.807) is 18.7 Å². The SMILES string of the molecule is CCC(C1C(=O)OC(=O)C1C(C)(CCC(C)C(=O)OCCCCCC(C)C)C(=O)OCCOC(=O)CC(C)=O)N1CCCC1=O. The van der Waals surface area contributed by atoms with Crippen molar-refractivity contribution in [3.8, 4) is 0 Å². The fourth-order valence-electron chi connectivity index (χ4n) is 6.11. The van der Waals surface area contributed by atoms with E-state index >= 15 is 0 Å². The molecule has 254 valence electrons. The molecule has 0 N–H and O–H groups in total. The van der Waals surface area contributed by atoms with E-state index in [-0.39, 0.29) is 44.4 Å². The number of Topliss-reactive ketones (excluding diaryl/α,β-unsaturated/α-hetero) is 1. The number of cyclic esters (lactones) is 2. The van der Waals surface area contributed by atoms with Crippen LogP contribution in [0.5, 0.6) is 0 Å². The van der Waals surface area contributed by atoms with Gasteiger partial charge in [-0.2, -0.15) is 0 Å². The Morgan fingerprint density at radius 2 is 1.62 bits per heavy atom. The van der Waals surface area contributed by atoms with Gasteiger partial charge in [0.15, 0.2) is 0 Å². The summed E-state index contributed by atoms with van der Waals surface area (Å²) >= 11 is 0. The van der Waals surface area contributed by atoms with E-state index < -0.39 is 65.5 Å². The zero-order valence-electron chi connectivity index (χ0n) is 27.7. The van der Waals surface area contributed by atoms with Gasteiger partial charge in [-0.1, -0.05) is 47.0 Å². The second-order valence-corrected chi connectivity index (χ2v) is 12.9. The van der Waals surface area contributed by atoms with Gasteiger partial charge in [-0.25, -0.2) is 0 Å². The van der Waals surface area contributed by atoms with Crippen LogP contribution in [-0.4, -0.2) is 78.8 Å². The summed E-state index contributed by atoms with van der Waals surface area (Å²) in [6.45, 7) is 10.6. The van der Waals surface area contributed by atoms with E-state index in [2.05, 4.69) is 13.8 Å². The maximum atomic E-state index is 13.7. The van der Waals surface area contributed by atoms with Crippen molar-refractivity contribution in [2.45, 2.75) is 112 Å². The van der Waals surface area contributed by atoms with E-state index in [0.29, 0.717) is 31.7 Å². The predicted molar refractivity (Wildman–Crippen MR) is 161 cm³/mol. The van der Waals surface area contributed by atoms with Crippen molar-refractivity contribution in [1.82, 2.24) is 4.90 Å². The Kier molecular flexibility index (Phi) is 15.1. The number of likely N-dealkylation sites (tertiary alicyclic amines) is 1. The summed E-state index contributed by atoms with van der Waals surface area (Å²) in [5, 5.41) is 0. The van der Waals surface area contributed by atoms with Gasteiger partial charge in [0.2, 0.25) is 5.91 Å². The van der Waals surface area contributed by atoms with Crippen LogP contribution in [0.1, 0.15) is 106 Å². The van der Waals surface area contributed by atoms with Gasteiger partial charge in [0.05, 0.1) is 29.8 Å². The summed E-state index contributed by atoms with van der Waals surface area (Å²) in [5.41, 5.74) is -1.63. The fraction of sp³-hybridized carbons (Fsp3) is 0.788. The minimum absolute atomic E-state index is 0.0193. The smallest absolute Gasteiger partial charge is 0.319 e. The van der Waals surface area contributed by atoms with E-state index in [4.69, 9.17) is 18.9 Å². The number of ketones is 1. The monoisotopic (exact) mass is 637 g/mol. The van der Waals surface area contributed by atoms with Crippen LogP contribution in [0, 0.1) is 29.1 Å². The van der Waals surface area contributed by atoms with Crippen molar-refractivity contribution < 1.29 is 52.5 Å². The molecule has 2 fully saturated rings. The predicted octanol–water partition coefficient (Wildman–Crippen LogP) is 3.95. The number of nitrogens with zero attached hydrogens (tertiary/aromatic N) is 1. The third kappa shape index (κ3) is 10.9. The van der Waals surface area contributed by atoms with Crippen molar-refractivity contribution in [3.63, 3.8) is 0 Å². The number of carbonyl (C=O) groups excluding carboxylic acids is 7. The molecule has 2 rings (SSSR count). The lowest BCUT2D eigenvalue weighted by Gasteiger charge is -2.38. The second-order valence-electron chi connectivity index (χ2n) is 12.9. The maximum absolute atomic E-state index is 13.7. The Morgan fingerprint density at radius 3 is 2.22 bits per heavy atom. The number of hydrogen-bond acceptors (Lipinski definition) is 11. The fourth-order valence-corrected chi connectivity index (χ4v) is 6.11. The Balaban J connectivity index is 2.21. The van der Waals surface area contributed by atoms with E-state index in [1.165, 1.54) is 13.8 Å². The molecule has 5 atom stereocenters. The van der Waals surface area contributed by atoms with Crippen molar-refractivity contribution in [3.05, 3.63) is 0 Å². The van der Waals surface area contributed by atoms with Crippen molar-refractivity contribution in [2.24, 2.45) is 29.1 Å². The molecule has 2 aliphatic rings. The molecule has 0 spiro atoms. The van der Waals surface area contributed by atoms with Crippen molar-refractivity contribution in [2.75, 3.05) is 26.4 Å². The normalized spacial score (nSPS) is 20.9. The van der Waals surface area contributed by atoms with Crippen LogP contribution in [0.3, 0.4) is 0 Å². The van der Waals surface area contributed by atoms with Crippen LogP contribution in [0.2, 0.25) is 0 Å². The largest absolute Gasteiger partial charge is 0.465 e. The van der Waals surface area contributed by atoms with Gasteiger partial charge in [0.25, 0.3) is 0 Å². The standard InChI is InChI=1S/C33H51NO11/c1-7-24(34-16-11-13-25(34)36)27-28(31(40)45-30(27)39)33(6,32(41)44-19-18-42-26(37)20-23(5)35)15-14-22(4)29(38)43-17-10-8-9-12-21(2)3/h21-22,24,27-28H,7-20H2,1-6H3. The minimum atomic E-state index is -1.63. The average molecular weight is 638 g/mol. The minimum Gasteiger partial charge on any atom is -0.465 e. The first-order valence-electron chi connectivity index (χ1n) is 16.3. The number of esters is 5. The summed E-state index contributed by atoms with van der Waals surface area (Å²) in [6.07, 6.45) is 4.88. The van der Waals surface area contributed by atoms with Crippen molar-refractivity contribution in [1.29, 1.82) is 0 Å². The molecule has 0 radical (unpaired) electrons. The highest BCUT2D eigenvalue weighted by Gasteiger charge is 2.60. The topological polar surface area (TPSA) is 160 Å². The molecule has 0 aliphatic carbocycles. The molecule has 0 aromatic rings. The molecule has 0 saturated carbocycles. The van der Waals surface area contributed by atoms with Crippen LogP contribution in [0.25, 0.3) is 0 Å². The molecule has 2 heterocycles. The highest BCUT2D eigenvalue weighted by molar-refractivity contribution is 6.00. The molecule has 2 saturated heterocycles. The molecular formula is C33H51NO11. The Morgan fingerprint density at radius 1 is 0.933 bits per heavy atom. The van der Waals surface area contributed by atoms with E-state index in [1.807, 2.05) is 0 Å². The Bertz CT molecular complexity index is 1090. The quantitative estimate of drug-likeness (QED) is 0.0823. The van der Waals surface area contributed by atoms with Crippen LogP contribution in [0.4, 0.5) is 0 Å². The highest BCUT2D eigenvalue weighted by Crippen LogP contribution is 2.47. The average Bonchev–Trinajstić information content (AvgIpc) is 3.52. The first-order valence-corrected chi connectivity index (χ1v) is 16.3. The zero-order chi connectivity index (χ0) is 33.7. The summed E-state index contributed by atoms with van der Waals surface area (Å²) in [6, 6.07) is -0.665. The van der Waals surface area contributed by atoms with Crippen LogP contribution in [0.15, 0.2) is 0 Å². The lowest BCUT2D eigenvalue weighted by Crippen LogP contribution is -2.51. The van der Waals surface area contributed by atoms with Crippen LogP contribution < -0.4 is 0 Å². The Hall–Kier alpha value is -3.31. The number of ether oxygens (including phenoxy) is 4. The van der Waals surface area contributed by atoms with Gasteiger partial charge >= 0.3 is 29.8 Å². The van der Waals surface area contributed by atoms with E-state index in [0.717, 1.165) is 25.7 Å². The highest BCUT2D eigenvalue weighted by atomic mass is 16.6. The molecule has 0 aromatic heterocycles. The molecule has 12 heteroatoms. The van der Waals surface area contributed by atoms with E-state index in [9.17, 15) is 33.6 Å². The molecule has 45 heavy (non-hydrogen) atoms. The number of rotatable bonds is 20. The molecule has 0 bridgehead atoms. The third-order valence-electron chi connectivity index (χ3n) is 8.72. The summed E-state index contributed by atoms with van der Waals surface area (Å²) in [7, 11) is 0. The molecule has 0 aromatic carbocycles. The van der Waals surface area contributed by atoms with Gasteiger partial charge in [-0.3, -0.25) is 33.6 Å². The molecule has 12 nitrogen and oxygen atoms in total. The number of hydrogen-bond donors (Lipinski definition) is 0. The van der Waals surface area contributed by atoms with Crippen LogP contribution >= 0.6 is 0 Å². The van der Waals surface area contributed by atoms with Gasteiger partial charge in [0.1, 0.15) is 25.4 Å². The number of amides is 1. The van der Waals surface area contributed by atoms with Crippen molar-refractivity contribution >= 4 is 41.5 Å². The number of carbonyl (C=O) groups is 7. The summed E-state index contributed by atoms with van der Waals surface area (Å²) in [5.74, 6) is -6.62. The maximum Gasteiger partial charge on any atom is 0.319 e.